The maximum absolute atomic E-state index is 12.6. The lowest BCUT2D eigenvalue weighted by molar-refractivity contribution is -0.138. The van der Waals surface area contributed by atoms with Crippen LogP contribution in [0, 0.1) is 17.8 Å². The third-order valence-electron chi connectivity index (χ3n) is 5.07. The zero-order chi connectivity index (χ0) is 14.7. The largest absolute Gasteiger partial charge is 0.378 e. The molecule has 4 unspecified atom stereocenters. The monoisotopic (exact) mass is 281 g/mol. The van der Waals surface area contributed by atoms with Crippen molar-refractivity contribution in [2.45, 2.75) is 71.9 Å². The molecule has 0 aliphatic carbocycles. The fraction of sp³-hybridized carbons (Fsp3) is 0.941. The number of piperidine rings is 1. The summed E-state index contributed by atoms with van der Waals surface area (Å²) in [5, 5.41) is 0. The average Bonchev–Trinajstić information content (AvgIpc) is 2.41. The maximum Gasteiger partial charge on any atom is 0.223 e. The van der Waals surface area contributed by atoms with E-state index in [1.165, 1.54) is 6.42 Å². The number of hydrogen-bond acceptors (Lipinski definition) is 2. The van der Waals surface area contributed by atoms with Crippen LogP contribution in [-0.4, -0.2) is 36.1 Å². The van der Waals surface area contributed by atoms with E-state index in [4.69, 9.17) is 4.74 Å². The second kappa shape index (κ2) is 6.93. The summed E-state index contributed by atoms with van der Waals surface area (Å²) in [6.07, 6.45) is 5.60. The van der Waals surface area contributed by atoms with Crippen molar-refractivity contribution in [1.82, 2.24) is 4.90 Å². The summed E-state index contributed by atoms with van der Waals surface area (Å²) in [5.41, 5.74) is 0. The number of hydrogen-bond donors (Lipinski definition) is 0. The molecule has 2 rings (SSSR count). The molecule has 2 aliphatic rings. The predicted molar refractivity (Wildman–Crippen MR) is 81.5 cm³/mol. The van der Waals surface area contributed by atoms with Crippen molar-refractivity contribution in [3.8, 4) is 0 Å². The van der Waals surface area contributed by atoms with Gasteiger partial charge in [-0.15, -0.1) is 0 Å². The molecule has 116 valence electrons. The van der Waals surface area contributed by atoms with Crippen LogP contribution in [0.1, 0.15) is 59.8 Å². The van der Waals surface area contributed by atoms with E-state index < -0.39 is 0 Å². The van der Waals surface area contributed by atoms with E-state index in [-0.39, 0.29) is 0 Å². The highest BCUT2D eigenvalue weighted by Crippen LogP contribution is 2.29. The van der Waals surface area contributed by atoms with Gasteiger partial charge in [0.05, 0.1) is 6.10 Å². The van der Waals surface area contributed by atoms with Gasteiger partial charge in [0.25, 0.3) is 0 Å². The van der Waals surface area contributed by atoms with Crippen molar-refractivity contribution in [2.75, 3.05) is 13.2 Å². The molecule has 0 N–H and O–H groups in total. The standard InChI is InChI=1S/C17H31NO2/c1-12(2)16-9-15(7-8-20-16)10-17(19)18-11-13(3)5-6-14(18)4/h12-16H,5-11H2,1-4H3. The van der Waals surface area contributed by atoms with Crippen LogP contribution >= 0.6 is 0 Å². The molecule has 2 heterocycles. The van der Waals surface area contributed by atoms with Crippen molar-refractivity contribution in [3.05, 3.63) is 0 Å². The second-order valence-corrected chi connectivity index (χ2v) is 7.33. The molecule has 2 saturated heterocycles. The normalized spacial score (nSPS) is 35.4. The molecule has 0 aromatic rings. The zero-order valence-electron chi connectivity index (χ0n) is 13.6. The minimum Gasteiger partial charge on any atom is -0.378 e. The van der Waals surface area contributed by atoms with Crippen molar-refractivity contribution < 1.29 is 9.53 Å². The number of carbonyl (C=O) groups is 1. The lowest BCUT2D eigenvalue weighted by atomic mass is 9.87. The van der Waals surface area contributed by atoms with Crippen molar-refractivity contribution in [2.24, 2.45) is 17.8 Å². The summed E-state index contributed by atoms with van der Waals surface area (Å²) in [5.74, 6) is 2.11. The van der Waals surface area contributed by atoms with E-state index in [0.29, 0.717) is 35.8 Å². The molecule has 1 amide bonds. The van der Waals surface area contributed by atoms with E-state index in [0.717, 1.165) is 38.8 Å². The fourth-order valence-corrected chi connectivity index (χ4v) is 3.55. The van der Waals surface area contributed by atoms with Crippen molar-refractivity contribution >= 4 is 5.91 Å². The van der Waals surface area contributed by atoms with Crippen LogP contribution in [0.25, 0.3) is 0 Å². The van der Waals surface area contributed by atoms with Gasteiger partial charge in [0, 0.05) is 25.6 Å². The van der Waals surface area contributed by atoms with E-state index in [9.17, 15) is 4.79 Å². The van der Waals surface area contributed by atoms with E-state index >= 15 is 0 Å². The molecule has 2 fully saturated rings. The Kier molecular flexibility index (Phi) is 5.48. The first-order chi connectivity index (χ1) is 9.47. The molecule has 3 heteroatoms. The first kappa shape index (κ1) is 15.8. The summed E-state index contributed by atoms with van der Waals surface area (Å²) in [6.45, 7) is 10.7. The van der Waals surface area contributed by atoms with Crippen molar-refractivity contribution in [3.63, 3.8) is 0 Å². The summed E-state index contributed by atoms with van der Waals surface area (Å²) >= 11 is 0. The van der Waals surface area contributed by atoms with Gasteiger partial charge in [-0.05, 0) is 50.4 Å². The number of amides is 1. The Hall–Kier alpha value is -0.570. The SMILES string of the molecule is CC1CCC(C)N(C(=O)CC2CCOC(C(C)C)C2)C1. The summed E-state index contributed by atoms with van der Waals surface area (Å²) in [6, 6.07) is 0.430. The first-order valence-corrected chi connectivity index (χ1v) is 8.38. The van der Waals surface area contributed by atoms with Crippen LogP contribution in [0.3, 0.4) is 0 Å². The third kappa shape index (κ3) is 3.97. The number of nitrogens with zero attached hydrogens (tertiary/aromatic N) is 1. The topological polar surface area (TPSA) is 29.5 Å². The molecule has 0 saturated carbocycles. The minimum absolute atomic E-state index is 0.347. The third-order valence-corrected chi connectivity index (χ3v) is 5.07. The summed E-state index contributed by atoms with van der Waals surface area (Å²) in [4.78, 5) is 14.7. The van der Waals surface area contributed by atoms with E-state index in [1.54, 1.807) is 0 Å². The van der Waals surface area contributed by atoms with Gasteiger partial charge in [0.2, 0.25) is 5.91 Å². The molecule has 0 radical (unpaired) electrons. The van der Waals surface area contributed by atoms with Crippen LogP contribution in [0.5, 0.6) is 0 Å². The highest BCUT2D eigenvalue weighted by Gasteiger charge is 2.31. The predicted octanol–water partition coefficient (Wildman–Crippen LogP) is 3.47. The van der Waals surface area contributed by atoms with Crippen molar-refractivity contribution in [1.29, 1.82) is 0 Å². The summed E-state index contributed by atoms with van der Waals surface area (Å²) < 4.78 is 5.81. The number of likely N-dealkylation sites (tertiary alicyclic amines) is 1. The Labute approximate surface area is 124 Å². The zero-order valence-corrected chi connectivity index (χ0v) is 13.6. The maximum atomic E-state index is 12.6. The Bertz CT molecular complexity index is 329. The second-order valence-electron chi connectivity index (χ2n) is 7.33. The molecular weight excluding hydrogens is 250 g/mol. The molecule has 2 aliphatic heterocycles. The van der Waals surface area contributed by atoms with Crippen LogP contribution in [0.4, 0.5) is 0 Å². The Morgan fingerprint density at radius 3 is 2.70 bits per heavy atom. The summed E-state index contributed by atoms with van der Waals surface area (Å²) in [7, 11) is 0. The van der Waals surface area contributed by atoms with Crippen LogP contribution < -0.4 is 0 Å². The molecule has 0 spiro atoms. The van der Waals surface area contributed by atoms with Gasteiger partial charge in [0.1, 0.15) is 0 Å². The van der Waals surface area contributed by atoms with Gasteiger partial charge in [0.15, 0.2) is 0 Å². The Morgan fingerprint density at radius 1 is 1.25 bits per heavy atom. The first-order valence-electron chi connectivity index (χ1n) is 8.38. The molecule has 0 bridgehead atoms. The van der Waals surface area contributed by atoms with Crippen LogP contribution in [0.15, 0.2) is 0 Å². The highest BCUT2D eigenvalue weighted by molar-refractivity contribution is 5.76. The van der Waals surface area contributed by atoms with Gasteiger partial charge in [-0.1, -0.05) is 20.8 Å². The van der Waals surface area contributed by atoms with Gasteiger partial charge in [-0.25, -0.2) is 0 Å². The number of rotatable bonds is 3. The van der Waals surface area contributed by atoms with E-state index in [2.05, 4.69) is 32.6 Å². The molecule has 4 atom stereocenters. The fourth-order valence-electron chi connectivity index (χ4n) is 3.55. The van der Waals surface area contributed by atoms with Gasteiger partial charge < -0.3 is 9.64 Å². The highest BCUT2D eigenvalue weighted by atomic mass is 16.5. The molecule has 20 heavy (non-hydrogen) atoms. The average molecular weight is 281 g/mol. The van der Waals surface area contributed by atoms with Crippen LogP contribution in [-0.2, 0) is 9.53 Å². The van der Waals surface area contributed by atoms with Crippen LogP contribution in [0.2, 0.25) is 0 Å². The van der Waals surface area contributed by atoms with Gasteiger partial charge in [-0.2, -0.15) is 0 Å². The molecule has 0 aromatic heterocycles. The molecular formula is C17H31NO2. The molecule has 3 nitrogen and oxygen atoms in total. The molecule has 0 aromatic carbocycles. The number of carbonyl (C=O) groups excluding carboxylic acids is 1. The van der Waals surface area contributed by atoms with E-state index in [1.807, 2.05) is 0 Å². The number of ether oxygens (including phenoxy) is 1. The Morgan fingerprint density at radius 2 is 2.00 bits per heavy atom. The lowest BCUT2D eigenvalue weighted by Gasteiger charge is -2.38. The van der Waals surface area contributed by atoms with Gasteiger partial charge in [-0.3, -0.25) is 4.79 Å². The Balaban J connectivity index is 1.87. The quantitative estimate of drug-likeness (QED) is 0.792. The minimum atomic E-state index is 0.347. The smallest absolute Gasteiger partial charge is 0.223 e. The lowest BCUT2D eigenvalue weighted by Crippen LogP contribution is -2.46. The van der Waals surface area contributed by atoms with Gasteiger partial charge >= 0.3 is 0 Å².